The van der Waals surface area contributed by atoms with Crippen LogP contribution in [0.4, 0.5) is 0 Å². The second kappa shape index (κ2) is 6.19. The second-order valence-electron chi connectivity index (χ2n) is 5.31. The molecule has 6 nitrogen and oxygen atoms in total. The quantitative estimate of drug-likeness (QED) is 0.775. The Morgan fingerprint density at radius 1 is 1.26 bits per heavy atom. The van der Waals surface area contributed by atoms with Gasteiger partial charge >= 0.3 is 5.97 Å². The maximum atomic E-state index is 11.4. The molecule has 2 rings (SSSR count). The smallest absolute Gasteiger partial charge is 0.305 e. The number of likely N-dealkylation sites (tertiary alicyclic amines) is 1. The number of rotatable bonds is 5. The molecule has 1 atom stereocenters. The van der Waals surface area contributed by atoms with Crippen molar-refractivity contribution in [3.8, 4) is 0 Å². The van der Waals surface area contributed by atoms with Crippen molar-refractivity contribution in [3.63, 3.8) is 0 Å². The highest BCUT2D eigenvalue weighted by molar-refractivity contribution is 7.91. The standard InChI is InChI=1S/C12H21NO5S/c14-12(15)3-7-18-11-1-5-13(6-2-11)10-4-8-19(16,17)9-10/h10-11H,1-9H2,(H,14,15). The molecule has 1 N–H and O–H groups in total. The van der Waals surface area contributed by atoms with E-state index < -0.39 is 15.8 Å². The third kappa shape index (κ3) is 4.43. The van der Waals surface area contributed by atoms with E-state index in [-0.39, 0.29) is 30.9 Å². The average Bonchev–Trinajstić information content (AvgIpc) is 2.70. The summed E-state index contributed by atoms with van der Waals surface area (Å²) in [7, 11) is -2.82. The minimum atomic E-state index is -2.82. The summed E-state index contributed by atoms with van der Waals surface area (Å²) in [4.78, 5) is 12.6. The molecule has 1 unspecified atom stereocenters. The summed E-state index contributed by atoms with van der Waals surface area (Å²) in [5, 5.41) is 8.53. The van der Waals surface area contributed by atoms with Crippen LogP contribution in [-0.2, 0) is 19.4 Å². The number of carboxylic acid groups (broad SMARTS) is 1. The van der Waals surface area contributed by atoms with Crippen LogP contribution in [0.15, 0.2) is 0 Å². The largest absolute Gasteiger partial charge is 0.481 e. The first kappa shape index (κ1) is 14.7. The maximum absolute atomic E-state index is 11.4. The summed E-state index contributed by atoms with van der Waals surface area (Å²) in [6.45, 7) is 1.95. The van der Waals surface area contributed by atoms with Crippen molar-refractivity contribution < 1.29 is 23.1 Å². The van der Waals surface area contributed by atoms with Gasteiger partial charge in [0.25, 0.3) is 0 Å². The van der Waals surface area contributed by atoms with E-state index >= 15 is 0 Å². The molecule has 0 aliphatic carbocycles. The van der Waals surface area contributed by atoms with E-state index in [2.05, 4.69) is 4.90 Å². The number of ether oxygens (including phenoxy) is 1. The summed E-state index contributed by atoms with van der Waals surface area (Å²) in [6.07, 6.45) is 2.62. The zero-order chi connectivity index (χ0) is 13.9. The van der Waals surface area contributed by atoms with Crippen LogP contribution >= 0.6 is 0 Å². The van der Waals surface area contributed by atoms with Crippen molar-refractivity contribution in [1.82, 2.24) is 4.90 Å². The first-order valence-corrected chi connectivity index (χ1v) is 8.56. The van der Waals surface area contributed by atoms with Crippen LogP contribution in [0, 0.1) is 0 Å². The van der Waals surface area contributed by atoms with Crippen molar-refractivity contribution in [1.29, 1.82) is 0 Å². The first-order valence-electron chi connectivity index (χ1n) is 6.74. The SMILES string of the molecule is O=C(O)CCOC1CCN(C2CCS(=O)(=O)C2)CC1. The van der Waals surface area contributed by atoms with Gasteiger partial charge in [-0.05, 0) is 19.3 Å². The lowest BCUT2D eigenvalue weighted by molar-refractivity contribution is -0.138. The fourth-order valence-electron chi connectivity index (χ4n) is 2.78. The van der Waals surface area contributed by atoms with Gasteiger partial charge < -0.3 is 9.84 Å². The summed E-state index contributed by atoms with van der Waals surface area (Å²) in [5.41, 5.74) is 0. The highest BCUT2D eigenvalue weighted by Crippen LogP contribution is 2.22. The molecule has 2 heterocycles. The molecule has 0 saturated carbocycles. The number of hydrogen-bond acceptors (Lipinski definition) is 5. The molecule has 2 fully saturated rings. The number of hydrogen-bond donors (Lipinski definition) is 1. The fraction of sp³-hybridized carbons (Fsp3) is 0.917. The molecule has 0 aromatic rings. The Morgan fingerprint density at radius 3 is 2.47 bits per heavy atom. The normalized spacial score (nSPS) is 28.5. The second-order valence-corrected chi connectivity index (χ2v) is 7.54. The third-order valence-corrected chi connectivity index (χ3v) is 5.62. The van der Waals surface area contributed by atoms with Gasteiger partial charge in [0, 0.05) is 19.1 Å². The van der Waals surface area contributed by atoms with E-state index in [9.17, 15) is 13.2 Å². The molecule has 7 heteroatoms. The summed E-state index contributed by atoms with van der Waals surface area (Å²) in [6, 6.07) is 0.171. The highest BCUT2D eigenvalue weighted by Gasteiger charge is 2.34. The van der Waals surface area contributed by atoms with Gasteiger partial charge in [-0.3, -0.25) is 9.69 Å². The molecule has 19 heavy (non-hydrogen) atoms. The van der Waals surface area contributed by atoms with Crippen LogP contribution in [0.3, 0.4) is 0 Å². The lowest BCUT2D eigenvalue weighted by Crippen LogP contribution is -2.44. The van der Waals surface area contributed by atoms with Gasteiger partial charge in [0.15, 0.2) is 9.84 Å². The van der Waals surface area contributed by atoms with Gasteiger partial charge in [-0.1, -0.05) is 0 Å². The Hall–Kier alpha value is -0.660. The molecule has 110 valence electrons. The molecule has 0 radical (unpaired) electrons. The Balaban J connectivity index is 1.69. The Labute approximate surface area is 113 Å². The van der Waals surface area contributed by atoms with E-state index in [1.807, 2.05) is 0 Å². The lowest BCUT2D eigenvalue weighted by Gasteiger charge is -2.35. The zero-order valence-corrected chi connectivity index (χ0v) is 11.8. The molecular weight excluding hydrogens is 270 g/mol. The number of carbonyl (C=O) groups is 1. The van der Waals surface area contributed by atoms with Gasteiger partial charge in [0.1, 0.15) is 0 Å². The molecule has 2 saturated heterocycles. The molecule has 0 spiro atoms. The van der Waals surface area contributed by atoms with Crippen molar-refractivity contribution >= 4 is 15.8 Å². The number of carboxylic acids is 1. The average molecular weight is 291 g/mol. The minimum absolute atomic E-state index is 0.0427. The Kier molecular flexibility index (Phi) is 4.81. The summed E-state index contributed by atoms with van der Waals surface area (Å²) in [5.74, 6) is -0.238. The molecule has 0 aromatic carbocycles. The van der Waals surface area contributed by atoms with Crippen LogP contribution < -0.4 is 0 Å². The van der Waals surface area contributed by atoms with Crippen molar-refractivity contribution in [2.45, 2.75) is 37.8 Å². The van der Waals surface area contributed by atoms with Gasteiger partial charge in [-0.25, -0.2) is 8.42 Å². The Bertz CT molecular complexity index is 414. The maximum Gasteiger partial charge on any atom is 0.305 e. The summed E-state index contributed by atoms with van der Waals surface area (Å²) < 4.78 is 28.4. The monoisotopic (exact) mass is 291 g/mol. The predicted octanol–water partition coefficient (Wildman–Crippen LogP) is 0.129. The van der Waals surface area contributed by atoms with E-state index in [1.54, 1.807) is 0 Å². The topological polar surface area (TPSA) is 83.9 Å². The zero-order valence-electron chi connectivity index (χ0n) is 11.0. The van der Waals surface area contributed by atoms with Gasteiger partial charge in [-0.2, -0.15) is 0 Å². The van der Waals surface area contributed by atoms with Crippen LogP contribution in [0.5, 0.6) is 0 Å². The summed E-state index contributed by atoms with van der Waals surface area (Å²) >= 11 is 0. The van der Waals surface area contributed by atoms with Crippen LogP contribution in [0.2, 0.25) is 0 Å². The number of piperidine rings is 1. The van der Waals surface area contributed by atoms with Gasteiger partial charge in [0.05, 0.1) is 30.6 Å². The van der Waals surface area contributed by atoms with Crippen LogP contribution in [0.25, 0.3) is 0 Å². The molecule has 2 aliphatic rings. The molecule has 0 bridgehead atoms. The predicted molar refractivity (Wildman–Crippen MR) is 69.9 cm³/mol. The molecule has 0 amide bonds. The first-order chi connectivity index (χ1) is 8.96. The van der Waals surface area contributed by atoms with Crippen molar-refractivity contribution in [2.24, 2.45) is 0 Å². The fourth-order valence-corrected chi connectivity index (χ4v) is 4.55. The van der Waals surface area contributed by atoms with Crippen molar-refractivity contribution in [2.75, 3.05) is 31.2 Å². The number of sulfone groups is 1. The van der Waals surface area contributed by atoms with E-state index in [0.717, 1.165) is 32.4 Å². The van der Waals surface area contributed by atoms with Crippen LogP contribution in [0.1, 0.15) is 25.7 Å². The molecular formula is C12H21NO5S. The van der Waals surface area contributed by atoms with E-state index in [1.165, 1.54) is 0 Å². The number of aliphatic carboxylic acids is 1. The van der Waals surface area contributed by atoms with Gasteiger partial charge in [0.2, 0.25) is 0 Å². The van der Waals surface area contributed by atoms with Crippen molar-refractivity contribution in [3.05, 3.63) is 0 Å². The van der Waals surface area contributed by atoms with Gasteiger partial charge in [-0.15, -0.1) is 0 Å². The highest BCUT2D eigenvalue weighted by atomic mass is 32.2. The Morgan fingerprint density at radius 2 is 1.95 bits per heavy atom. The number of nitrogens with zero attached hydrogens (tertiary/aromatic N) is 1. The molecule has 0 aromatic heterocycles. The minimum Gasteiger partial charge on any atom is -0.481 e. The van der Waals surface area contributed by atoms with E-state index in [0.29, 0.717) is 5.75 Å². The van der Waals surface area contributed by atoms with E-state index in [4.69, 9.17) is 9.84 Å². The van der Waals surface area contributed by atoms with Crippen LogP contribution in [-0.4, -0.2) is 67.7 Å². The molecule has 2 aliphatic heterocycles. The third-order valence-electron chi connectivity index (χ3n) is 3.87. The lowest BCUT2D eigenvalue weighted by atomic mass is 10.1.